The molecule has 1 unspecified atom stereocenters. The zero-order valence-corrected chi connectivity index (χ0v) is 14.9. The van der Waals surface area contributed by atoms with Gasteiger partial charge in [0.2, 0.25) is 0 Å². The average molecular weight is 353 g/mol. The Kier molecular flexibility index (Phi) is 5.82. The van der Waals surface area contributed by atoms with Crippen LogP contribution in [0.3, 0.4) is 0 Å². The van der Waals surface area contributed by atoms with E-state index >= 15 is 0 Å². The molecule has 1 heterocycles. The number of quaternary nitrogens is 1. The molecule has 1 amide bonds. The molecule has 2 aromatic carbocycles. The summed E-state index contributed by atoms with van der Waals surface area (Å²) in [6.45, 7) is 1.28. The largest absolute Gasteiger partial charge is 0.457 e. The van der Waals surface area contributed by atoms with Gasteiger partial charge in [0.1, 0.15) is 18.0 Å². The predicted octanol–water partition coefficient (Wildman–Crippen LogP) is 3.19. The van der Waals surface area contributed by atoms with Gasteiger partial charge >= 0.3 is 0 Å². The molecule has 0 saturated heterocycles. The molecule has 25 heavy (non-hydrogen) atoms. The second-order valence-corrected chi connectivity index (χ2v) is 6.71. The number of thiophene rings is 1. The maximum absolute atomic E-state index is 12.2. The zero-order valence-electron chi connectivity index (χ0n) is 14.1. The molecule has 0 radical (unpaired) electrons. The molecule has 0 saturated carbocycles. The van der Waals surface area contributed by atoms with Crippen molar-refractivity contribution >= 4 is 22.9 Å². The molecule has 3 rings (SSSR count). The van der Waals surface area contributed by atoms with Crippen molar-refractivity contribution in [2.45, 2.75) is 6.54 Å². The first-order valence-corrected chi connectivity index (χ1v) is 9.08. The first-order chi connectivity index (χ1) is 12.2. The molecule has 3 aromatic rings. The van der Waals surface area contributed by atoms with E-state index in [2.05, 4.69) is 22.1 Å². The Morgan fingerprint density at radius 2 is 1.76 bits per heavy atom. The molecular formula is C20H21N2O2S+. The Morgan fingerprint density at radius 1 is 1.04 bits per heavy atom. The van der Waals surface area contributed by atoms with Crippen LogP contribution in [0, 0.1) is 0 Å². The number of nitrogens with one attached hydrogen (secondary N) is 2. The molecule has 1 atom stereocenters. The minimum Gasteiger partial charge on any atom is -0.457 e. The van der Waals surface area contributed by atoms with E-state index in [9.17, 15) is 4.79 Å². The van der Waals surface area contributed by atoms with Crippen molar-refractivity contribution in [1.29, 1.82) is 0 Å². The van der Waals surface area contributed by atoms with Crippen LogP contribution >= 0.6 is 11.3 Å². The SMILES string of the molecule is C[NH+](CC(=O)Nc1ccc(Oc2ccccc2)cc1)Cc1ccsc1. The first-order valence-electron chi connectivity index (χ1n) is 8.14. The fourth-order valence-electron chi connectivity index (χ4n) is 2.51. The Morgan fingerprint density at radius 3 is 2.44 bits per heavy atom. The highest BCUT2D eigenvalue weighted by molar-refractivity contribution is 7.07. The van der Waals surface area contributed by atoms with E-state index in [4.69, 9.17) is 4.74 Å². The van der Waals surface area contributed by atoms with Gasteiger partial charge in [-0.2, -0.15) is 11.3 Å². The fraction of sp³-hybridized carbons (Fsp3) is 0.150. The van der Waals surface area contributed by atoms with Gasteiger partial charge in [0, 0.05) is 11.3 Å². The van der Waals surface area contributed by atoms with Crippen LogP contribution in [0.15, 0.2) is 71.4 Å². The first kappa shape index (κ1) is 17.2. The molecule has 1 aromatic heterocycles. The Labute approximate surface area is 151 Å². The van der Waals surface area contributed by atoms with E-state index in [0.717, 1.165) is 28.6 Å². The number of hydrogen-bond acceptors (Lipinski definition) is 3. The fourth-order valence-corrected chi connectivity index (χ4v) is 3.18. The molecule has 0 aliphatic heterocycles. The van der Waals surface area contributed by atoms with Gasteiger partial charge in [-0.15, -0.1) is 0 Å². The lowest BCUT2D eigenvalue weighted by molar-refractivity contribution is -0.885. The molecular weight excluding hydrogens is 332 g/mol. The van der Waals surface area contributed by atoms with Crippen LogP contribution in [0.5, 0.6) is 11.5 Å². The van der Waals surface area contributed by atoms with Gasteiger partial charge in [0.15, 0.2) is 6.54 Å². The monoisotopic (exact) mass is 353 g/mol. The van der Waals surface area contributed by atoms with Crippen LogP contribution in [-0.4, -0.2) is 19.5 Å². The van der Waals surface area contributed by atoms with E-state index in [1.165, 1.54) is 5.56 Å². The zero-order chi connectivity index (χ0) is 17.5. The number of benzene rings is 2. The van der Waals surface area contributed by atoms with Crippen molar-refractivity contribution in [3.05, 3.63) is 77.0 Å². The quantitative estimate of drug-likeness (QED) is 0.685. The summed E-state index contributed by atoms with van der Waals surface area (Å²) in [4.78, 5) is 13.3. The summed E-state index contributed by atoms with van der Waals surface area (Å²) >= 11 is 1.68. The number of para-hydroxylation sites is 1. The summed E-state index contributed by atoms with van der Waals surface area (Å²) in [6.07, 6.45) is 0. The predicted molar refractivity (Wildman–Crippen MR) is 101 cm³/mol. The van der Waals surface area contributed by atoms with Gasteiger partial charge in [-0.25, -0.2) is 0 Å². The second-order valence-electron chi connectivity index (χ2n) is 5.93. The molecule has 0 bridgehead atoms. The Hall–Kier alpha value is -2.63. The maximum atomic E-state index is 12.2. The van der Waals surface area contributed by atoms with E-state index in [-0.39, 0.29) is 5.91 Å². The van der Waals surface area contributed by atoms with Crippen LogP contribution in [-0.2, 0) is 11.3 Å². The number of amides is 1. The van der Waals surface area contributed by atoms with Gasteiger partial charge in [-0.3, -0.25) is 4.79 Å². The third-order valence-corrected chi connectivity index (χ3v) is 4.40. The van der Waals surface area contributed by atoms with Crippen molar-refractivity contribution in [1.82, 2.24) is 0 Å². The molecule has 0 spiro atoms. The highest BCUT2D eigenvalue weighted by atomic mass is 32.1. The smallest absolute Gasteiger partial charge is 0.279 e. The van der Waals surface area contributed by atoms with Gasteiger partial charge in [-0.1, -0.05) is 18.2 Å². The second kappa shape index (κ2) is 8.46. The van der Waals surface area contributed by atoms with Crippen LogP contribution in [0.25, 0.3) is 0 Å². The van der Waals surface area contributed by atoms with Crippen LogP contribution in [0.4, 0.5) is 5.69 Å². The number of rotatable bonds is 7. The van der Waals surface area contributed by atoms with Gasteiger partial charge < -0.3 is 15.0 Å². The standard InChI is InChI=1S/C20H20N2O2S/c1-22(13-16-11-12-25-15-16)14-20(23)21-17-7-9-19(10-8-17)24-18-5-3-2-4-6-18/h2-12,15H,13-14H2,1H3,(H,21,23)/p+1. The minimum atomic E-state index is 0.00413. The van der Waals surface area contributed by atoms with Gasteiger partial charge in [0.25, 0.3) is 5.91 Å². The van der Waals surface area contributed by atoms with Crippen molar-refractivity contribution in [2.24, 2.45) is 0 Å². The van der Waals surface area contributed by atoms with E-state index in [1.54, 1.807) is 11.3 Å². The number of carbonyl (C=O) groups is 1. The summed E-state index contributed by atoms with van der Waals surface area (Å²) in [5.74, 6) is 1.53. The molecule has 5 heteroatoms. The van der Waals surface area contributed by atoms with Crippen LogP contribution < -0.4 is 15.0 Å². The number of anilines is 1. The summed E-state index contributed by atoms with van der Waals surface area (Å²) < 4.78 is 5.75. The molecule has 2 N–H and O–H groups in total. The van der Waals surface area contributed by atoms with E-state index < -0.39 is 0 Å². The van der Waals surface area contributed by atoms with E-state index in [1.807, 2.05) is 61.6 Å². The van der Waals surface area contributed by atoms with Gasteiger partial charge in [0.05, 0.1) is 7.05 Å². The molecule has 0 fully saturated rings. The average Bonchev–Trinajstić information content (AvgIpc) is 3.10. The van der Waals surface area contributed by atoms with Crippen molar-refractivity contribution in [3.8, 4) is 11.5 Å². The number of likely N-dealkylation sites (N-methyl/N-ethyl adjacent to an activating group) is 1. The molecule has 0 aliphatic carbocycles. The summed E-state index contributed by atoms with van der Waals surface area (Å²) in [5.41, 5.74) is 2.03. The Balaban J connectivity index is 1.49. The molecule has 128 valence electrons. The van der Waals surface area contributed by atoms with Crippen molar-refractivity contribution in [3.63, 3.8) is 0 Å². The third-order valence-electron chi connectivity index (χ3n) is 3.67. The van der Waals surface area contributed by atoms with E-state index in [0.29, 0.717) is 6.54 Å². The van der Waals surface area contributed by atoms with Crippen molar-refractivity contribution < 1.29 is 14.4 Å². The normalized spacial score (nSPS) is 11.7. The number of carbonyl (C=O) groups excluding carboxylic acids is 1. The lowest BCUT2D eigenvalue weighted by atomic mass is 10.3. The number of hydrogen-bond donors (Lipinski definition) is 2. The summed E-state index contributed by atoms with van der Waals surface area (Å²) in [5, 5.41) is 7.11. The molecule has 0 aliphatic rings. The topological polar surface area (TPSA) is 42.8 Å². The lowest BCUT2D eigenvalue weighted by Crippen LogP contribution is -3.08. The van der Waals surface area contributed by atoms with Crippen LogP contribution in [0.1, 0.15) is 5.56 Å². The summed E-state index contributed by atoms with van der Waals surface area (Å²) in [6, 6.07) is 19.1. The molecule has 4 nitrogen and oxygen atoms in total. The third kappa shape index (κ3) is 5.45. The number of ether oxygens (including phenoxy) is 1. The maximum Gasteiger partial charge on any atom is 0.279 e. The summed E-state index contributed by atoms with van der Waals surface area (Å²) in [7, 11) is 2.02. The highest BCUT2D eigenvalue weighted by Crippen LogP contribution is 2.22. The highest BCUT2D eigenvalue weighted by Gasteiger charge is 2.11. The lowest BCUT2D eigenvalue weighted by Gasteiger charge is -2.13. The van der Waals surface area contributed by atoms with Gasteiger partial charge in [-0.05, 0) is 53.2 Å². The Bertz CT molecular complexity index is 786. The van der Waals surface area contributed by atoms with Crippen LogP contribution in [0.2, 0.25) is 0 Å². The minimum absolute atomic E-state index is 0.00413. The van der Waals surface area contributed by atoms with Crippen molar-refractivity contribution in [2.75, 3.05) is 18.9 Å².